The lowest BCUT2D eigenvalue weighted by Gasteiger charge is -2.35. The van der Waals surface area contributed by atoms with Crippen LogP contribution in [0.15, 0.2) is 12.1 Å². The Balaban J connectivity index is 2.38. The second kappa shape index (κ2) is 6.43. The van der Waals surface area contributed by atoms with Crippen LogP contribution in [0.4, 0.5) is 8.78 Å². The van der Waals surface area contributed by atoms with E-state index in [1.165, 1.54) is 12.8 Å². The molecular weight excluding hydrogens is 268 g/mol. The van der Waals surface area contributed by atoms with Crippen LogP contribution >= 0.6 is 0 Å². The molecule has 0 saturated heterocycles. The van der Waals surface area contributed by atoms with E-state index in [0.29, 0.717) is 17.0 Å². The molecule has 0 amide bonds. The third-order valence-electron chi connectivity index (χ3n) is 4.97. The molecule has 2 atom stereocenters. The molecule has 1 aromatic rings. The van der Waals surface area contributed by atoms with Gasteiger partial charge in [0.05, 0.1) is 0 Å². The molecule has 1 aliphatic rings. The van der Waals surface area contributed by atoms with Crippen molar-refractivity contribution in [1.29, 1.82) is 0 Å². The van der Waals surface area contributed by atoms with E-state index in [1.54, 1.807) is 13.0 Å². The fraction of sp³-hybridized carbons (Fsp3) is 0.667. The van der Waals surface area contributed by atoms with Gasteiger partial charge < -0.3 is 5.32 Å². The van der Waals surface area contributed by atoms with Crippen molar-refractivity contribution in [2.45, 2.75) is 59.4 Å². The molecule has 3 heteroatoms. The van der Waals surface area contributed by atoms with Gasteiger partial charge in [-0.15, -0.1) is 0 Å². The topological polar surface area (TPSA) is 12.0 Å². The lowest BCUT2D eigenvalue weighted by Crippen LogP contribution is -2.35. The molecule has 1 aliphatic carbocycles. The van der Waals surface area contributed by atoms with Crippen LogP contribution in [0.3, 0.4) is 0 Å². The summed E-state index contributed by atoms with van der Waals surface area (Å²) in [5.74, 6) is -0.492. The van der Waals surface area contributed by atoms with E-state index >= 15 is 0 Å². The van der Waals surface area contributed by atoms with E-state index in [0.717, 1.165) is 25.5 Å². The highest BCUT2D eigenvalue weighted by Gasteiger charge is 2.40. The van der Waals surface area contributed by atoms with Crippen LogP contribution in [0.2, 0.25) is 0 Å². The van der Waals surface area contributed by atoms with Crippen LogP contribution < -0.4 is 5.32 Å². The minimum atomic E-state index is -0.462. The molecule has 0 aromatic heterocycles. The Morgan fingerprint density at radius 1 is 1.29 bits per heavy atom. The molecule has 2 unspecified atom stereocenters. The molecule has 0 heterocycles. The predicted octanol–water partition coefficient (Wildman–Crippen LogP) is 5.14. The molecule has 0 radical (unpaired) electrons. The van der Waals surface area contributed by atoms with Crippen LogP contribution in [0, 0.1) is 29.9 Å². The maximum atomic E-state index is 14.3. The third-order valence-corrected chi connectivity index (χ3v) is 4.97. The van der Waals surface area contributed by atoms with Crippen molar-refractivity contribution in [2.75, 3.05) is 6.54 Å². The average Bonchev–Trinajstić information content (AvgIpc) is 2.75. The summed E-state index contributed by atoms with van der Waals surface area (Å²) in [5, 5.41) is 3.51. The Labute approximate surface area is 127 Å². The Bertz CT molecular complexity index is 496. The zero-order valence-corrected chi connectivity index (χ0v) is 13.6. The van der Waals surface area contributed by atoms with Crippen molar-refractivity contribution in [3.8, 4) is 0 Å². The summed E-state index contributed by atoms with van der Waals surface area (Å²) in [6.07, 6.45) is 4.46. The third kappa shape index (κ3) is 3.45. The first kappa shape index (κ1) is 16.4. The molecule has 118 valence electrons. The number of hydrogen-bond donors (Lipinski definition) is 1. The van der Waals surface area contributed by atoms with Gasteiger partial charge in [0.2, 0.25) is 0 Å². The second-order valence-electron chi connectivity index (χ2n) is 7.04. The van der Waals surface area contributed by atoms with Crippen LogP contribution in [-0.4, -0.2) is 6.54 Å². The van der Waals surface area contributed by atoms with Gasteiger partial charge in [0.15, 0.2) is 0 Å². The van der Waals surface area contributed by atoms with Crippen LogP contribution in [0.25, 0.3) is 0 Å². The van der Waals surface area contributed by atoms with Crippen molar-refractivity contribution >= 4 is 0 Å². The number of rotatable bonds is 5. The first-order valence-corrected chi connectivity index (χ1v) is 8.05. The molecule has 1 aromatic carbocycles. The van der Waals surface area contributed by atoms with Gasteiger partial charge in [0.25, 0.3) is 0 Å². The van der Waals surface area contributed by atoms with Gasteiger partial charge in [0, 0.05) is 17.7 Å². The largest absolute Gasteiger partial charge is 0.310 e. The van der Waals surface area contributed by atoms with Crippen molar-refractivity contribution in [2.24, 2.45) is 11.3 Å². The van der Waals surface area contributed by atoms with Crippen LogP contribution in [0.5, 0.6) is 0 Å². The predicted molar refractivity (Wildman–Crippen MR) is 83.3 cm³/mol. The minimum Gasteiger partial charge on any atom is -0.310 e. The molecule has 0 spiro atoms. The molecular formula is C18H27F2N. The Kier molecular flexibility index (Phi) is 5.03. The van der Waals surface area contributed by atoms with Gasteiger partial charge in [-0.05, 0) is 55.7 Å². The smallest absolute Gasteiger partial charge is 0.130 e. The van der Waals surface area contributed by atoms with Gasteiger partial charge in [-0.1, -0.05) is 27.2 Å². The molecule has 2 rings (SSSR count). The van der Waals surface area contributed by atoms with Crippen molar-refractivity contribution in [1.82, 2.24) is 5.32 Å². The molecule has 0 bridgehead atoms. The minimum absolute atomic E-state index is 0.0262. The molecule has 21 heavy (non-hydrogen) atoms. The van der Waals surface area contributed by atoms with Crippen molar-refractivity contribution in [3.05, 3.63) is 34.9 Å². The van der Waals surface area contributed by atoms with Gasteiger partial charge >= 0.3 is 0 Å². The van der Waals surface area contributed by atoms with Crippen LogP contribution in [-0.2, 0) is 0 Å². The van der Waals surface area contributed by atoms with E-state index in [-0.39, 0.29) is 11.5 Å². The molecule has 1 fully saturated rings. The normalized spacial score (nSPS) is 22.5. The molecule has 1 nitrogen and oxygen atoms in total. The second-order valence-corrected chi connectivity index (χ2v) is 7.04. The highest BCUT2D eigenvalue weighted by atomic mass is 19.1. The van der Waals surface area contributed by atoms with Gasteiger partial charge in [-0.2, -0.15) is 0 Å². The Morgan fingerprint density at radius 3 is 2.57 bits per heavy atom. The lowest BCUT2D eigenvalue weighted by atomic mass is 9.75. The van der Waals surface area contributed by atoms with E-state index in [1.807, 2.05) is 0 Å². The maximum Gasteiger partial charge on any atom is 0.130 e. The zero-order chi connectivity index (χ0) is 15.6. The van der Waals surface area contributed by atoms with E-state index in [9.17, 15) is 8.78 Å². The summed E-state index contributed by atoms with van der Waals surface area (Å²) in [4.78, 5) is 0. The summed E-state index contributed by atoms with van der Waals surface area (Å²) in [6, 6.07) is 2.70. The fourth-order valence-electron chi connectivity index (χ4n) is 3.66. The van der Waals surface area contributed by atoms with E-state index in [4.69, 9.17) is 0 Å². The van der Waals surface area contributed by atoms with Gasteiger partial charge in [-0.3, -0.25) is 0 Å². The molecule has 0 aliphatic heterocycles. The van der Waals surface area contributed by atoms with E-state index < -0.39 is 11.6 Å². The summed E-state index contributed by atoms with van der Waals surface area (Å²) in [5.41, 5.74) is 1.34. The monoisotopic (exact) mass is 295 g/mol. The Morgan fingerprint density at radius 2 is 2.00 bits per heavy atom. The number of nitrogens with one attached hydrogen (secondary N) is 1. The maximum absolute atomic E-state index is 14.3. The van der Waals surface area contributed by atoms with Gasteiger partial charge in [-0.25, -0.2) is 8.78 Å². The standard InChI is InChI=1S/C18H27F2N/c1-5-9-21-17(14-7-6-8-18(14,3)4)13-10-12(2)15(19)11-16(13)20/h10-11,14,17,21H,5-9H2,1-4H3. The Hall–Kier alpha value is -0.960. The highest BCUT2D eigenvalue weighted by Crippen LogP contribution is 2.49. The van der Waals surface area contributed by atoms with E-state index in [2.05, 4.69) is 26.1 Å². The lowest BCUT2D eigenvalue weighted by molar-refractivity contribution is 0.195. The number of halogens is 2. The zero-order valence-electron chi connectivity index (χ0n) is 13.6. The quantitative estimate of drug-likeness (QED) is 0.793. The summed E-state index contributed by atoms with van der Waals surface area (Å²) < 4.78 is 27.9. The molecule has 1 N–H and O–H groups in total. The number of hydrogen-bond acceptors (Lipinski definition) is 1. The van der Waals surface area contributed by atoms with Crippen molar-refractivity contribution < 1.29 is 8.78 Å². The van der Waals surface area contributed by atoms with Crippen molar-refractivity contribution in [3.63, 3.8) is 0 Å². The van der Waals surface area contributed by atoms with Crippen LogP contribution in [0.1, 0.15) is 63.6 Å². The molecule has 1 saturated carbocycles. The number of aryl methyl sites for hydroxylation is 1. The average molecular weight is 295 g/mol. The summed E-state index contributed by atoms with van der Waals surface area (Å²) in [7, 11) is 0. The highest BCUT2D eigenvalue weighted by molar-refractivity contribution is 5.29. The SMILES string of the molecule is CCCNC(c1cc(C)c(F)cc1F)C1CCCC1(C)C. The number of benzene rings is 1. The first-order chi connectivity index (χ1) is 9.86. The summed E-state index contributed by atoms with van der Waals surface area (Å²) >= 11 is 0. The fourth-order valence-corrected chi connectivity index (χ4v) is 3.66. The van der Waals surface area contributed by atoms with Gasteiger partial charge in [0.1, 0.15) is 11.6 Å². The first-order valence-electron chi connectivity index (χ1n) is 8.05. The summed E-state index contributed by atoms with van der Waals surface area (Å²) in [6.45, 7) is 9.19.